The number of rotatable bonds is 8. The van der Waals surface area contributed by atoms with Crippen molar-refractivity contribution >= 4 is 5.91 Å². The Kier molecular flexibility index (Phi) is 8.01. The Bertz CT molecular complexity index is 234. The third kappa shape index (κ3) is 6.97. The highest BCUT2D eigenvalue weighted by atomic mass is 16.5. The van der Waals surface area contributed by atoms with Gasteiger partial charge in [-0.05, 0) is 31.6 Å². The number of ether oxygens (including phenoxy) is 1. The molecule has 2 unspecified atom stereocenters. The molecule has 1 aliphatic rings. The summed E-state index contributed by atoms with van der Waals surface area (Å²) < 4.78 is 5.40. The first-order valence-electron chi connectivity index (χ1n) is 7.32. The van der Waals surface area contributed by atoms with E-state index in [1.807, 2.05) is 0 Å². The molecule has 1 aliphatic carbocycles. The van der Waals surface area contributed by atoms with Crippen LogP contribution in [-0.2, 0) is 9.53 Å². The smallest absolute Gasteiger partial charge is 0.220 e. The van der Waals surface area contributed by atoms with Gasteiger partial charge in [-0.3, -0.25) is 4.79 Å². The molecule has 3 N–H and O–H groups in total. The van der Waals surface area contributed by atoms with Gasteiger partial charge in [-0.25, -0.2) is 0 Å². The van der Waals surface area contributed by atoms with Gasteiger partial charge >= 0.3 is 0 Å². The van der Waals surface area contributed by atoms with Crippen molar-refractivity contribution in [2.45, 2.75) is 57.9 Å². The minimum absolute atomic E-state index is 0.146. The predicted molar refractivity (Wildman–Crippen MR) is 73.3 cm³/mol. The van der Waals surface area contributed by atoms with Gasteiger partial charge in [0.1, 0.15) is 0 Å². The van der Waals surface area contributed by atoms with Crippen molar-refractivity contribution < 1.29 is 9.53 Å². The van der Waals surface area contributed by atoms with Crippen molar-refractivity contribution in [3.63, 3.8) is 0 Å². The molecule has 0 heterocycles. The van der Waals surface area contributed by atoms with Crippen molar-refractivity contribution in [3.05, 3.63) is 0 Å². The molecule has 0 radical (unpaired) electrons. The van der Waals surface area contributed by atoms with Gasteiger partial charge in [-0.2, -0.15) is 0 Å². The molecular formula is C14H28N2O2. The van der Waals surface area contributed by atoms with Crippen LogP contribution in [0.25, 0.3) is 0 Å². The number of unbranched alkanes of at least 4 members (excludes halogenated alkanes) is 1. The van der Waals surface area contributed by atoms with E-state index >= 15 is 0 Å². The van der Waals surface area contributed by atoms with Crippen LogP contribution in [-0.4, -0.2) is 31.7 Å². The summed E-state index contributed by atoms with van der Waals surface area (Å²) in [6.07, 6.45) is 7.29. The van der Waals surface area contributed by atoms with Crippen LogP contribution < -0.4 is 11.1 Å². The first-order chi connectivity index (χ1) is 8.72. The molecule has 106 valence electrons. The van der Waals surface area contributed by atoms with E-state index in [4.69, 9.17) is 10.5 Å². The fourth-order valence-electron chi connectivity index (χ4n) is 2.46. The molecule has 4 heteroatoms. The Morgan fingerprint density at radius 2 is 2.22 bits per heavy atom. The number of nitrogens with two attached hydrogens (primary N) is 1. The topological polar surface area (TPSA) is 64.3 Å². The monoisotopic (exact) mass is 256 g/mol. The molecule has 4 nitrogen and oxygen atoms in total. The van der Waals surface area contributed by atoms with Crippen molar-refractivity contribution in [1.29, 1.82) is 0 Å². The Labute approximate surface area is 111 Å². The van der Waals surface area contributed by atoms with Gasteiger partial charge in [-0.15, -0.1) is 0 Å². The Morgan fingerprint density at radius 3 is 2.94 bits per heavy atom. The minimum atomic E-state index is 0.146. The molecule has 1 fully saturated rings. The minimum Gasteiger partial charge on any atom is -0.380 e. The summed E-state index contributed by atoms with van der Waals surface area (Å²) in [4.78, 5) is 11.7. The van der Waals surface area contributed by atoms with Gasteiger partial charge in [0.25, 0.3) is 0 Å². The maximum absolute atomic E-state index is 11.7. The van der Waals surface area contributed by atoms with Crippen LogP contribution in [0.4, 0.5) is 0 Å². The van der Waals surface area contributed by atoms with E-state index in [2.05, 4.69) is 12.2 Å². The van der Waals surface area contributed by atoms with Gasteiger partial charge in [0.05, 0.1) is 6.61 Å². The molecule has 1 saturated carbocycles. The zero-order valence-electron chi connectivity index (χ0n) is 11.6. The lowest BCUT2D eigenvalue weighted by molar-refractivity contribution is -0.122. The van der Waals surface area contributed by atoms with Crippen LogP contribution in [0.1, 0.15) is 51.9 Å². The largest absolute Gasteiger partial charge is 0.380 e. The summed E-state index contributed by atoms with van der Waals surface area (Å²) in [5.41, 5.74) is 5.92. The molecule has 0 aromatic carbocycles. The van der Waals surface area contributed by atoms with E-state index in [9.17, 15) is 4.79 Å². The Morgan fingerprint density at radius 1 is 1.39 bits per heavy atom. The summed E-state index contributed by atoms with van der Waals surface area (Å²) in [7, 11) is 0. The quantitative estimate of drug-likeness (QED) is 0.651. The van der Waals surface area contributed by atoms with E-state index in [0.29, 0.717) is 31.5 Å². The highest BCUT2D eigenvalue weighted by Gasteiger charge is 2.21. The van der Waals surface area contributed by atoms with Gasteiger partial charge in [0, 0.05) is 25.6 Å². The molecule has 18 heavy (non-hydrogen) atoms. The normalized spacial score (nSPS) is 23.9. The van der Waals surface area contributed by atoms with Gasteiger partial charge in [-0.1, -0.05) is 19.8 Å². The molecule has 0 saturated heterocycles. The van der Waals surface area contributed by atoms with E-state index in [1.165, 1.54) is 6.42 Å². The molecule has 0 bridgehead atoms. The van der Waals surface area contributed by atoms with Crippen LogP contribution in [0.5, 0.6) is 0 Å². The molecule has 1 amide bonds. The number of carbonyl (C=O) groups excluding carboxylic acids is 1. The average Bonchev–Trinajstić information content (AvgIpc) is 2.33. The first kappa shape index (κ1) is 15.4. The maximum atomic E-state index is 11.7. The first-order valence-corrected chi connectivity index (χ1v) is 7.32. The van der Waals surface area contributed by atoms with E-state index in [1.54, 1.807) is 0 Å². The molecule has 2 atom stereocenters. The fourth-order valence-corrected chi connectivity index (χ4v) is 2.46. The number of nitrogens with one attached hydrogen (secondary N) is 1. The lowest BCUT2D eigenvalue weighted by Crippen LogP contribution is -2.33. The number of hydrogen-bond donors (Lipinski definition) is 2. The maximum Gasteiger partial charge on any atom is 0.220 e. The summed E-state index contributed by atoms with van der Waals surface area (Å²) in [5, 5.41) is 2.92. The highest BCUT2D eigenvalue weighted by molar-refractivity contribution is 5.76. The van der Waals surface area contributed by atoms with Gasteiger partial charge in [0.15, 0.2) is 0 Å². The zero-order chi connectivity index (χ0) is 13.2. The number of amides is 1. The molecule has 1 rings (SSSR count). The summed E-state index contributed by atoms with van der Waals surface area (Å²) in [6, 6.07) is 0.300. The van der Waals surface area contributed by atoms with E-state index in [-0.39, 0.29) is 5.91 Å². The summed E-state index contributed by atoms with van der Waals surface area (Å²) >= 11 is 0. The molecule has 0 aliphatic heterocycles. The van der Waals surface area contributed by atoms with Crippen LogP contribution >= 0.6 is 0 Å². The van der Waals surface area contributed by atoms with Crippen LogP contribution in [0.15, 0.2) is 0 Å². The van der Waals surface area contributed by atoms with Crippen molar-refractivity contribution in [1.82, 2.24) is 5.32 Å². The Hall–Kier alpha value is -0.610. The SMILES string of the molecule is CCCCOCCNC(=O)CC1CCCC(N)C1. The third-order valence-corrected chi connectivity index (χ3v) is 3.51. The van der Waals surface area contributed by atoms with Crippen molar-refractivity contribution in [3.8, 4) is 0 Å². The lowest BCUT2D eigenvalue weighted by atomic mass is 9.84. The molecule has 0 aromatic heterocycles. The van der Waals surface area contributed by atoms with Crippen molar-refractivity contribution in [2.24, 2.45) is 11.7 Å². The lowest BCUT2D eigenvalue weighted by Gasteiger charge is -2.26. The predicted octanol–water partition coefficient (Wildman–Crippen LogP) is 1.83. The standard InChI is InChI=1S/C14H28N2O2/c1-2-3-8-18-9-7-16-14(17)11-12-5-4-6-13(15)10-12/h12-13H,2-11,15H2,1H3,(H,16,17). The molecule has 0 spiro atoms. The van der Waals surface area contributed by atoms with Crippen LogP contribution in [0, 0.1) is 5.92 Å². The molecular weight excluding hydrogens is 228 g/mol. The van der Waals surface area contributed by atoms with Crippen molar-refractivity contribution in [2.75, 3.05) is 19.8 Å². The van der Waals surface area contributed by atoms with Gasteiger partial charge in [0.2, 0.25) is 5.91 Å². The fraction of sp³-hybridized carbons (Fsp3) is 0.929. The third-order valence-electron chi connectivity index (χ3n) is 3.51. The highest BCUT2D eigenvalue weighted by Crippen LogP contribution is 2.25. The van der Waals surface area contributed by atoms with Gasteiger partial charge < -0.3 is 15.8 Å². The van der Waals surface area contributed by atoms with E-state index < -0.39 is 0 Å². The second-order valence-corrected chi connectivity index (χ2v) is 5.31. The number of hydrogen-bond acceptors (Lipinski definition) is 3. The second-order valence-electron chi connectivity index (χ2n) is 5.31. The average molecular weight is 256 g/mol. The summed E-state index contributed by atoms with van der Waals surface area (Å²) in [6.45, 7) is 4.18. The zero-order valence-corrected chi connectivity index (χ0v) is 11.6. The molecule has 0 aromatic rings. The van der Waals surface area contributed by atoms with Crippen LogP contribution in [0.3, 0.4) is 0 Å². The van der Waals surface area contributed by atoms with E-state index in [0.717, 1.165) is 38.7 Å². The number of carbonyl (C=O) groups is 1. The summed E-state index contributed by atoms with van der Waals surface area (Å²) in [5.74, 6) is 0.628. The Balaban J connectivity index is 1.99. The second kappa shape index (κ2) is 9.34. The van der Waals surface area contributed by atoms with Crippen LogP contribution in [0.2, 0.25) is 0 Å².